The minimum atomic E-state index is -0.692. The number of hydrogen-bond acceptors (Lipinski definition) is 6. The molecule has 1 heterocycles. The smallest absolute Gasteiger partial charge is 0.409 e. The van der Waals surface area contributed by atoms with Gasteiger partial charge < -0.3 is 24.6 Å². The maximum absolute atomic E-state index is 12.4. The van der Waals surface area contributed by atoms with E-state index in [1.165, 1.54) is 0 Å². The number of fused-ring (bicyclic) bond motifs is 5. The van der Waals surface area contributed by atoms with Gasteiger partial charge in [-0.3, -0.25) is 0 Å². The van der Waals surface area contributed by atoms with Crippen LogP contribution in [0.15, 0.2) is 11.6 Å². The highest BCUT2D eigenvalue weighted by molar-refractivity contribution is 5.85. The zero-order chi connectivity index (χ0) is 24.3. The molecule has 0 aromatic rings. The maximum atomic E-state index is 12.4. The number of nitrogens with zero attached hydrogens (tertiary/aromatic N) is 1. The molecule has 0 spiro atoms. The molecule has 0 unspecified atom stereocenters. The van der Waals surface area contributed by atoms with Gasteiger partial charge in [-0.2, -0.15) is 0 Å². The van der Waals surface area contributed by atoms with Crippen LogP contribution in [0.4, 0.5) is 4.79 Å². The van der Waals surface area contributed by atoms with Gasteiger partial charge in [0.25, 0.3) is 0 Å². The van der Waals surface area contributed by atoms with Gasteiger partial charge >= 0.3 is 12.1 Å². The Kier molecular flexibility index (Phi) is 6.03. The van der Waals surface area contributed by atoms with Crippen molar-refractivity contribution in [1.82, 2.24) is 4.90 Å². The Hall–Kier alpha value is -1.60. The fourth-order valence-electron chi connectivity index (χ4n) is 9.12. The Morgan fingerprint density at radius 1 is 1.15 bits per heavy atom. The van der Waals surface area contributed by atoms with E-state index in [0.29, 0.717) is 24.4 Å². The van der Waals surface area contributed by atoms with Crippen molar-refractivity contribution >= 4 is 12.1 Å². The van der Waals surface area contributed by atoms with E-state index in [1.54, 1.807) is 11.0 Å². The van der Waals surface area contributed by atoms with Crippen LogP contribution >= 0.6 is 0 Å². The minimum absolute atomic E-state index is 0.0380. The van der Waals surface area contributed by atoms with Crippen LogP contribution in [0.1, 0.15) is 71.6 Å². The monoisotopic (exact) mass is 475 g/mol. The summed E-state index contributed by atoms with van der Waals surface area (Å²) in [6.07, 6.45) is 10.3. The number of amides is 1. The number of carbonyl (C=O) groups excluding carboxylic acids is 2. The molecule has 4 fully saturated rings. The first kappa shape index (κ1) is 24.1. The van der Waals surface area contributed by atoms with Crippen molar-refractivity contribution in [2.75, 3.05) is 26.9 Å². The van der Waals surface area contributed by atoms with Crippen LogP contribution in [0.2, 0.25) is 0 Å². The van der Waals surface area contributed by atoms with Crippen LogP contribution in [0.25, 0.3) is 0 Å². The minimum Gasteiger partial charge on any atom is -0.458 e. The second-order valence-electron chi connectivity index (χ2n) is 12.2. The van der Waals surface area contributed by atoms with Crippen LogP contribution < -0.4 is 0 Å². The number of cyclic esters (lactones) is 1. The fourth-order valence-corrected chi connectivity index (χ4v) is 9.12. The van der Waals surface area contributed by atoms with Crippen molar-refractivity contribution in [2.24, 2.45) is 34.5 Å². The lowest BCUT2D eigenvalue weighted by Crippen LogP contribution is -2.62. The summed E-state index contributed by atoms with van der Waals surface area (Å²) in [6.45, 7) is 4.98. The molecule has 7 heteroatoms. The Bertz CT molecular complexity index is 873. The second-order valence-corrected chi connectivity index (χ2v) is 12.2. The topological polar surface area (TPSA) is 96.3 Å². The molecular weight excluding hydrogens is 434 g/mol. The predicted octanol–water partition coefficient (Wildman–Crippen LogP) is 3.67. The third kappa shape index (κ3) is 3.44. The summed E-state index contributed by atoms with van der Waals surface area (Å²) in [4.78, 5) is 25.8. The van der Waals surface area contributed by atoms with Gasteiger partial charge in [0.05, 0.1) is 12.2 Å². The van der Waals surface area contributed by atoms with Gasteiger partial charge in [0, 0.05) is 24.6 Å². The third-order valence-corrected chi connectivity index (χ3v) is 11.1. The van der Waals surface area contributed by atoms with Gasteiger partial charge in [-0.05, 0) is 92.4 Å². The summed E-state index contributed by atoms with van der Waals surface area (Å²) in [5.74, 6) is 1.31. The Labute approximate surface area is 202 Å². The summed E-state index contributed by atoms with van der Waals surface area (Å²) in [6, 6.07) is 0.167. The molecule has 1 amide bonds. The Balaban J connectivity index is 1.33. The maximum Gasteiger partial charge on any atom is 0.409 e. The molecular formula is C27H41NO6. The number of rotatable bonds is 4. The summed E-state index contributed by atoms with van der Waals surface area (Å²) >= 11 is 0. The van der Waals surface area contributed by atoms with Crippen molar-refractivity contribution in [2.45, 2.75) is 83.3 Å². The van der Waals surface area contributed by atoms with Gasteiger partial charge in [-0.15, -0.1) is 0 Å². The lowest BCUT2D eigenvalue weighted by Gasteiger charge is -2.64. The van der Waals surface area contributed by atoms with Gasteiger partial charge in [-0.1, -0.05) is 13.8 Å². The highest BCUT2D eigenvalue weighted by Gasteiger charge is 2.67. The molecule has 0 radical (unpaired) electrons. The summed E-state index contributed by atoms with van der Waals surface area (Å²) in [5.41, 5.74) is 0.364. The van der Waals surface area contributed by atoms with E-state index >= 15 is 0 Å². The largest absolute Gasteiger partial charge is 0.458 e. The first-order valence-corrected chi connectivity index (χ1v) is 13.2. The molecule has 34 heavy (non-hydrogen) atoms. The van der Waals surface area contributed by atoms with Gasteiger partial charge in [-0.25, -0.2) is 9.59 Å². The molecule has 5 aliphatic rings. The number of esters is 1. The van der Waals surface area contributed by atoms with Crippen LogP contribution in [0.3, 0.4) is 0 Å². The van der Waals surface area contributed by atoms with Crippen LogP contribution in [-0.2, 0) is 14.3 Å². The fraction of sp³-hybridized carbons (Fsp3) is 0.852. The van der Waals surface area contributed by atoms with Crippen LogP contribution in [0, 0.1) is 34.5 Å². The molecule has 4 saturated carbocycles. The van der Waals surface area contributed by atoms with E-state index in [9.17, 15) is 14.7 Å². The standard InChI is InChI=1S/C27H41NO6/c1-25-9-6-19(28(3)24(31)33-13-12-29)15-18(25)4-5-22-21(25)7-10-26(2)20(8-11-27(22,26)32)17-14-23(30)34-16-17/h14,18-22,29,32H,4-13,15-16H2,1-3H3/t18-,19+,20-,21+,22-,25+,26-,27+/m1/s1. The lowest BCUT2D eigenvalue weighted by atomic mass is 9.43. The predicted molar refractivity (Wildman–Crippen MR) is 126 cm³/mol. The molecule has 2 N–H and O–H groups in total. The second kappa shape index (κ2) is 8.51. The number of aliphatic hydroxyl groups is 2. The number of hydrogen-bond donors (Lipinski definition) is 2. The SMILES string of the molecule is CN(C(=O)OCCO)[C@H]1CC[C@@]2(C)[C@H](CC[C@@H]3[C@@H]2CC[C@]2(C)[C@@H](C4=CC(=O)OC4)CC[C@]32O)C1. The van der Waals surface area contributed by atoms with Crippen LogP contribution in [0.5, 0.6) is 0 Å². The molecule has 0 bridgehead atoms. The summed E-state index contributed by atoms with van der Waals surface area (Å²) in [7, 11) is 1.82. The third-order valence-electron chi connectivity index (χ3n) is 11.1. The lowest BCUT2D eigenvalue weighted by molar-refractivity contribution is -0.206. The van der Waals surface area contributed by atoms with E-state index in [-0.39, 0.29) is 48.1 Å². The highest BCUT2D eigenvalue weighted by atomic mass is 16.6. The Morgan fingerprint density at radius 3 is 2.65 bits per heavy atom. The van der Waals surface area contributed by atoms with Crippen molar-refractivity contribution in [1.29, 1.82) is 0 Å². The normalized spacial score (nSPS) is 45.5. The van der Waals surface area contributed by atoms with Crippen molar-refractivity contribution < 1.29 is 29.3 Å². The first-order valence-electron chi connectivity index (χ1n) is 13.2. The molecule has 8 atom stereocenters. The number of aliphatic hydroxyl groups excluding tert-OH is 1. The number of carbonyl (C=O) groups is 2. The van der Waals surface area contributed by atoms with Gasteiger partial charge in [0.2, 0.25) is 0 Å². The summed E-state index contributed by atoms with van der Waals surface area (Å²) in [5, 5.41) is 21.3. The van der Waals surface area contributed by atoms with E-state index in [1.807, 2.05) is 7.05 Å². The average molecular weight is 476 g/mol. The van der Waals surface area contributed by atoms with E-state index in [2.05, 4.69) is 13.8 Å². The zero-order valence-corrected chi connectivity index (χ0v) is 20.9. The van der Waals surface area contributed by atoms with E-state index in [0.717, 1.165) is 63.4 Å². The molecule has 190 valence electrons. The molecule has 5 rings (SSSR count). The number of ether oxygens (including phenoxy) is 2. The van der Waals surface area contributed by atoms with Gasteiger partial charge in [0.1, 0.15) is 13.2 Å². The summed E-state index contributed by atoms with van der Waals surface area (Å²) < 4.78 is 10.4. The zero-order valence-electron chi connectivity index (χ0n) is 20.9. The van der Waals surface area contributed by atoms with E-state index in [4.69, 9.17) is 14.6 Å². The van der Waals surface area contributed by atoms with E-state index < -0.39 is 5.60 Å². The quantitative estimate of drug-likeness (QED) is 0.603. The molecule has 4 aliphatic carbocycles. The van der Waals surface area contributed by atoms with Crippen molar-refractivity contribution in [3.05, 3.63) is 11.6 Å². The molecule has 1 aliphatic heterocycles. The van der Waals surface area contributed by atoms with Gasteiger partial charge in [0.15, 0.2) is 0 Å². The Morgan fingerprint density at radius 2 is 1.94 bits per heavy atom. The molecule has 0 aromatic carbocycles. The first-order chi connectivity index (χ1) is 16.1. The molecule has 0 aromatic heterocycles. The highest BCUT2D eigenvalue weighted by Crippen LogP contribution is 2.70. The molecule has 7 nitrogen and oxygen atoms in total. The van der Waals surface area contributed by atoms with Crippen molar-refractivity contribution in [3.8, 4) is 0 Å². The average Bonchev–Trinajstić information content (AvgIpc) is 3.36. The molecule has 0 saturated heterocycles. The van der Waals surface area contributed by atoms with Crippen molar-refractivity contribution in [3.63, 3.8) is 0 Å². The van der Waals surface area contributed by atoms with Crippen LogP contribution in [-0.4, -0.2) is 65.7 Å².